The van der Waals surface area contributed by atoms with Gasteiger partial charge in [-0.3, -0.25) is 9.59 Å². The van der Waals surface area contributed by atoms with E-state index >= 15 is 0 Å². The minimum absolute atomic E-state index is 0.177. The number of aromatic nitrogens is 2. The molecule has 2 heterocycles. The minimum Gasteiger partial charge on any atom is -0.351 e. The Morgan fingerprint density at radius 3 is 2.42 bits per heavy atom. The molecule has 0 saturated heterocycles. The summed E-state index contributed by atoms with van der Waals surface area (Å²) < 4.78 is 39.2. The summed E-state index contributed by atoms with van der Waals surface area (Å²) in [5, 5.41) is 7.46. The predicted octanol–water partition coefficient (Wildman–Crippen LogP) is 3.84. The molecule has 178 valence electrons. The topological polar surface area (TPSA) is 66.7 Å². The second kappa shape index (κ2) is 8.02. The Labute approximate surface area is 190 Å². The maximum atomic E-state index is 13.1. The van der Waals surface area contributed by atoms with Gasteiger partial charge in [-0.05, 0) is 79.9 Å². The molecule has 0 unspecified atom stereocenters. The Morgan fingerprint density at radius 2 is 1.82 bits per heavy atom. The van der Waals surface area contributed by atoms with Crippen molar-refractivity contribution in [3.63, 3.8) is 0 Å². The first-order valence-corrected chi connectivity index (χ1v) is 11.7. The Kier molecular flexibility index (Phi) is 5.40. The second-order valence-corrected chi connectivity index (χ2v) is 10.5. The zero-order chi connectivity index (χ0) is 23.4. The highest BCUT2D eigenvalue weighted by atomic mass is 19.4. The van der Waals surface area contributed by atoms with Gasteiger partial charge in [-0.1, -0.05) is 0 Å². The van der Waals surface area contributed by atoms with Gasteiger partial charge in [0.1, 0.15) is 6.54 Å². The number of amides is 2. The van der Waals surface area contributed by atoms with Crippen LogP contribution in [0.25, 0.3) is 5.52 Å². The first kappa shape index (κ1) is 22.2. The van der Waals surface area contributed by atoms with Crippen molar-refractivity contribution in [1.82, 2.24) is 19.8 Å². The number of rotatable bonds is 6. The summed E-state index contributed by atoms with van der Waals surface area (Å²) in [7, 11) is 1.12. The maximum absolute atomic E-state index is 13.1. The number of likely N-dealkylation sites (N-methyl/N-ethyl adjacent to an activating group) is 1. The largest absolute Gasteiger partial charge is 0.406 e. The Hall–Kier alpha value is -2.58. The number of hydrogen-bond acceptors (Lipinski definition) is 3. The highest BCUT2D eigenvalue weighted by molar-refractivity contribution is 6.00. The van der Waals surface area contributed by atoms with E-state index in [4.69, 9.17) is 0 Å². The molecule has 1 N–H and O–H groups in total. The number of carbonyl (C=O) groups excluding carboxylic acids is 2. The third-order valence-electron chi connectivity index (χ3n) is 7.76. The van der Waals surface area contributed by atoms with Crippen molar-refractivity contribution in [1.29, 1.82) is 0 Å². The van der Waals surface area contributed by atoms with Gasteiger partial charge in [0.05, 0.1) is 23.2 Å². The molecule has 2 aromatic heterocycles. The predicted molar refractivity (Wildman–Crippen MR) is 116 cm³/mol. The number of nitrogens with zero attached hydrogens (tertiary/aromatic N) is 3. The van der Waals surface area contributed by atoms with Crippen molar-refractivity contribution < 1.29 is 22.8 Å². The van der Waals surface area contributed by atoms with Crippen molar-refractivity contribution >= 4 is 17.3 Å². The molecule has 0 aliphatic heterocycles. The van der Waals surface area contributed by atoms with E-state index < -0.39 is 18.6 Å². The molecule has 4 saturated carbocycles. The van der Waals surface area contributed by atoms with Crippen LogP contribution in [0.15, 0.2) is 24.4 Å². The van der Waals surface area contributed by atoms with Crippen LogP contribution in [0.2, 0.25) is 0 Å². The molecule has 33 heavy (non-hydrogen) atoms. The van der Waals surface area contributed by atoms with Crippen LogP contribution in [0, 0.1) is 23.2 Å². The number of halogens is 3. The van der Waals surface area contributed by atoms with Crippen LogP contribution in [0.4, 0.5) is 13.2 Å². The zero-order valence-electron chi connectivity index (χ0n) is 18.7. The zero-order valence-corrected chi connectivity index (χ0v) is 18.7. The van der Waals surface area contributed by atoms with Crippen molar-refractivity contribution in [2.24, 2.45) is 23.2 Å². The van der Waals surface area contributed by atoms with Crippen LogP contribution >= 0.6 is 0 Å². The molecule has 4 fully saturated rings. The lowest BCUT2D eigenvalue weighted by atomic mass is 9.49. The fraction of sp³-hybridized carbons (Fsp3) is 0.625. The lowest BCUT2D eigenvalue weighted by Crippen LogP contribution is -2.51. The van der Waals surface area contributed by atoms with Gasteiger partial charge in [0.2, 0.25) is 5.91 Å². The van der Waals surface area contributed by atoms with Gasteiger partial charge in [0.25, 0.3) is 5.91 Å². The van der Waals surface area contributed by atoms with Crippen molar-refractivity contribution in [3.05, 3.63) is 35.7 Å². The molecular weight excluding hydrogens is 433 g/mol. The molecular formula is C24H29F3N4O2. The van der Waals surface area contributed by atoms with E-state index in [9.17, 15) is 22.8 Å². The molecule has 2 amide bonds. The van der Waals surface area contributed by atoms with Crippen LogP contribution < -0.4 is 5.32 Å². The molecule has 4 aliphatic rings. The number of hydrogen-bond donors (Lipinski definition) is 1. The molecule has 6 nitrogen and oxygen atoms in total. The SMILES string of the molecule is CN(CC(F)(F)F)C(=O)Cc1cc2c(C(=O)NCC34CC5CC(CC(C5)C3)C4)cccn2n1. The first-order valence-electron chi connectivity index (χ1n) is 11.7. The lowest BCUT2D eigenvalue weighted by Gasteiger charge is -2.56. The van der Waals surface area contributed by atoms with Gasteiger partial charge < -0.3 is 10.2 Å². The average Bonchev–Trinajstić information content (AvgIpc) is 3.12. The molecule has 0 aromatic carbocycles. The molecule has 9 heteroatoms. The summed E-state index contributed by atoms with van der Waals surface area (Å²) in [6.07, 6.45) is 4.61. The highest BCUT2D eigenvalue weighted by Crippen LogP contribution is 2.59. The molecule has 4 aliphatic carbocycles. The fourth-order valence-corrected chi connectivity index (χ4v) is 6.86. The highest BCUT2D eigenvalue weighted by Gasteiger charge is 2.50. The summed E-state index contributed by atoms with van der Waals surface area (Å²) in [4.78, 5) is 25.9. The number of nitrogens with one attached hydrogen (secondary N) is 1. The Balaban J connectivity index is 1.27. The number of carbonyl (C=O) groups is 2. The molecule has 0 spiro atoms. The van der Waals surface area contributed by atoms with E-state index in [1.165, 1.54) is 43.0 Å². The van der Waals surface area contributed by atoms with E-state index in [2.05, 4.69) is 10.4 Å². The van der Waals surface area contributed by atoms with E-state index in [0.717, 1.165) is 24.8 Å². The van der Waals surface area contributed by atoms with Crippen molar-refractivity contribution in [2.45, 2.75) is 51.1 Å². The minimum atomic E-state index is -4.45. The number of alkyl halides is 3. The number of pyridine rings is 1. The summed E-state index contributed by atoms with van der Waals surface area (Å²) in [6, 6.07) is 5.04. The van der Waals surface area contributed by atoms with E-state index in [0.29, 0.717) is 28.2 Å². The van der Waals surface area contributed by atoms with Gasteiger partial charge in [-0.15, -0.1) is 0 Å². The van der Waals surface area contributed by atoms with Crippen LogP contribution in [-0.4, -0.2) is 52.6 Å². The molecule has 6 rings (SSSR count). The average molecular weight is 463 g/mol. The molecule has 4 bridgehead atoms. The third kappa shape index (κ3) is 4.59. The number of fused-ring (bicyclic) bond motifs is 1. The van der Waals surface area contributed by atoms with Crippen LogP contribution in [0.5, 0.6) is 0 Å². The normalized spacial score (nSPS) is 28.3. The van der Waals surface area contributed by atoms with Gasteiger partial charge in [0.15, 0.2) is 0 Å². The summed E-state index contributed by atoms with van der Waals surface area (Å²) >= 11 is 0. The molecule has 2 aromatic rings. The fourth-order valence-electron chi connectivity index (χ4n) is 6.86. The van der Waals surface area contributed by atoms with Gasteiger partial charge >= 0.3 is 6.18 Å². The van der Waals surface area contributed by atoms with E-state index in [-0.39, 0.29) is 17.7 Å². The summed E-state index contributed by atoms with van der Waals surface area (Å²) in [6.45, 7) is -0.630. The Bertz CT molecular complexity index is 1040. The van der Waals surface area contributed by atoms with Crippen LogP contribution in [0.3, 0.4) is 0 Å². The van der Waals surface area contributed by atoms with Gasteiger partial charge in [0, 0.05) is 19.8 Å². The molecule has 0 radical (unpaired) electrons. The lowest BCUT2D eigenvalue weighted by molar-refractivity contribution is -0.158. The summed E-state index contributed by atoms with van der Waals surface area (Å²) in [5.41, 5.74) is 1.55. The molecule has 0 atom stereocenters. The van der Waals surface area contributed by atoms with Gasteiger partial charge in [-0.25, -0.2) is 4.52 Å². The first-order chi connectivity index (χ1) is 15.6. The Morgan fingerprint density at radius 1 is 1.18 bits per heavy atom. The smallest absolute Gasteiger partial charge is 0.351 e. The van der Waals surface area contributed by atoms with Crippen LogP contribution in [0.1, 0.15) is 54.6 Å². The quantitative estimate of drug-likeness (QED) is 0.709. The standard InChI is InChI=1S/C24H29F3N4O2/c1-30(14-24(25,26)27)21(32)9-18-8-20-19(3-2-4-31(20)29-18)22(33)28-13-23-10-15-5-16(11-23)7-17(6-15)12-23/h2-4,8,15-17H,5-7,9-14H2,1H3,(H,28,33). The summed E-state index contributed by atoms with van der Waals surface area (Å²) in [5.74, 6) is 1.57. The van der Waals surface area contributed by atoms with Crippen molar-refractivity contribution in [2.75, 3.05) is 20.1 Å². The second-order valence-electron chi connectivity index (χ2n) is 10.5. The third-order valence-corrected chi connectivity index (χ3v) is 7.76. The van der Waals surface area contributed by atoms with Crippen molar-refractivity contribution in [3.8, 4) is 0 Å². The van der Waals surface area contributed by atoms with Gasteiger partial charge in [-0.2, -0.15) is 18.3 Å². The monoisotopic (exact) mass is 462 g/mol. The van der Waals surface area contributed by atoms with E-state index in [1.54, 1.807) is 24.4 Å². The van der Waals surface area contributed by atoms with E-state index in [1.807, 2.05) is 0 Å². The maximum Gasteiger partial charge on any atom is 0.406 e. The van der Waals surface area contributed by atoms with Crippen LogP contribution in [-0.2, 0) is 11.2 Å².